The molecular weight excluding hydrogens is 350 g/mol. The first-order chi connectivity index (χ1) is 13.3. The fourth-order valence-corrected chi connectivity index (χ4v) is 3.01. The van der Waals surface area contributed by atoms with Gasteiger partial charge in [-0.05, 0) is 55.5 Å². The Morgan fingerprint density at radius 3 is 2.21 bits per heavy atom. The Balaban J connectivity index is 2.10. The SMILES string of the molecule is Cc1ccccc1C(=O)NC(CC(C)C)C(=O)NC(C)c1ccc(C#N)cc1. The molecule has 146 valence electrons. The average Bonchev–Trinajstić information content (AvgIpc) is 2.67. The highest BCUT2D eigenvalue weighted by molar-refractivity contribution is 5.98. The zero-order chi connectivity index (χ0) is 20.7. The van der Waals surface area contributed by atoms with Crippen molar-refractivity contribution in [2.45, 2.75) is 46.2 Å². The largest absolute Gasteiger partial charge is 0.348 e. The molecule has 5 heteroatoms. The third kappa shape index (κ3) is 5.68. The van der Waals surface area contributed by atoms with Crippen LogP contribution in [-0.4, -0.2) is 17.9 Å². The second kappa shape index (κ2) is 9.70. The summed E-state index contributed by atoms with van der Waals surface area (Å²) in [6.45, 7) is 7.79. The summed E-state index contributed by atoms with van der Waals surface area (Å²) in [6, 6.07) is 15.7. The number of aryl methyl sites for hydroxylation is 1. The van der Waals surface area contributed by atoms with Crippen molar-refractivity contribution in [3.63, 3.8) is 0 Å². The minimum atomic E-state index is -0.618. The molecule has 0 fully saturated rings. The third-order valence-electron chi connectivity index (χ3n) is 4.62. The molecule has 2 aromatic rings. The highest BCUT2D eigenvalue weighted by Gasteiger charge is 2.24. The number of nitriles is 1. The van der Waals surface area contributed by atoms with E-state index in [1.54, 1.807) is 18.2 Å². The van der Waals surface area contributed by atoms with Gasteiger partial charge in [0, 0.05) is 5.56 Å². The zero-order valence-electron chi connectivity index (χ0n) is 16.8. The summed E-state index contributed by atoms with van der Waals surface area (Å²) in [6.07, 6.45) is 0.545. The normalized spacial score (nSPS) is 12.7. The Kier molecular flexibility index (Phi) is 7.34. The van der Waals surface area contributed by atoms with Gasteiger partial charge < -0.3 is 10.6 Å². The lowest BCUT2D eigenvalue weighted by Crippen LogP contribution is -2.48. The minimum Gasteiger partial charge on any atom is -0.348 e. The van der Waals surface area contributed by atoms with Gasteiger partial charge in [0.25, 0.3) is 5.91 Å². The van der Waals surface area contributed by atoms with Gasteiger partial charge in [0.1, 0.15) is 6.04 Å². The van der Waals surface area contributed by atoms with E-state index in [0.29, 0.717) is 17.5 Å². The van der Waals surface area contributed by atoms with E-state index < -0.39 is 6.04 Å². The molecular formula is C23H27N3O2. The van der Waals surface area contributed by atoms with Gasteiger partial charge in [0.2, 0.25) is 5.91 Å². The first kappa shape index (κ1) is 21.2. The van der Waals surface area contributed by atoms with Gasteiger partial charge in [-0.15, -0.1) is 0 Å². The van der Waals surface area contributed by atoms with E-state index >= 15 is 0 Å². The predicted octanol–water partition coefficient (Wildman–Crippen LogP) is 3.89. The van der Waals surface area contributed by atoms with Crippen molar-refractivity contribution < 1.29 is 9.59 Å². The van der Waals surface area contributed by atoms with Gasteiger partial charge in [-0.3, -0.25) is 9.59 Å². The van der Waals surface area contributed by atoms with Crippen LogP contribution in [0.5, 0.6) is 0 Å². The molecule has 0 bridgehead atoms. The van der Waals surface area contributed by atoms with Crippen LogP contribution in [0.15, 0.2) is 48.5 Å². The Morgan fingerprint density at radius 2 is 1.64 bits per heavy atom. The summed E-state index contributed by atoms with van der Waals surface area (Å²) < 4.78 is 0. The number of nitrogens with zero attached hydrogens (tertiary/aromatic N) is 1. The molecule has 0 aliphatic carbocycles. The molecule has 2 aromatic carbocycles. The number of hydrogen-bond acceptors (Lipinski definition) is 3. The van der Waals surface area contributed by atoms with E-state index in [4.69, 9.17) is 5.26 Å². The molecule has 0 aliphatic rings. The second-order valence-electron chi connectivity index (χ2n) is 7.43. The lowest BCUT2D eigenvalue weighted by Gasteiger charge is -2.23. The van der Waals surface area contributed by atoms with Crippen LogP contribution >= 0.6 is 0 Å². The van der Waals surface area contributed by atoms with Gasteiger partial charge in [0.15, 0.2) is 0 Å². The van der Waals surface area contributed by atoms with E-state index in [-0.39, 0.29) is 23.8 Å². The second-order valence-corrected chi connectivity index (χ2v) is 7.43. The van der Waals surface area contributed by atoms with Crippen LogP contribution in [0.1, 0.15) is 60.3 Å². The summed E-state index contributed by atoms with van der Waals surface area (Å²) in [5, 5.41) is 14.8. The van der Waals surface area contributed by atoms with Crippen LogP contribution in [-0.2, 0) is 4.79 Å². The van der Waals surface area contributed by atoms with Crippen molar-refractivity contribution in [2.24, 2.45) is 5.92 Å². The number of rotatable bonds is 7. The van der Waals surface area contributed by atoms with Crippen LogP contribution in [0.3, 0.4) is 0 Å². The summed E-state index contributed by atoms with van der Waals surface area (Å²) in [5.41, 5.74) is 2.92. The molecule has 2 amide bonds. The van der Waals surface area contributed by atoms with E-state index in [1.807, 2.05) is 58.0 Å². The molecule has 0 spiro atoms. The first-order valence-corrected chi connectivity index (χ1v) is 9.48. The fourth-order valence-electron chi connectivity index (χ4n) is 3.01. The number of carbonyl (C=O) groups is 2. The smallest absolute Gasteiger partial charge is 0.252 e. The molecule has 0 heterocycles. The van der Waals surface area contributed by atoms with E-state index in [9.17, 15) is 9.59 Å². The van der Waals surface area contributed by atoms with Crippen molar-refractivity contribution >= 4 is 11.8 Å². The number of benzene rings is 2. The van der Waals surface area contributed by atoms with Gasteiger partial charge in [-0.25, -0.2) is 0 Å². The number of hydrogen-bond donors (Lipinski definition) is 2. The summed E-state index contributed by atoms with van der Waals surface area (Å²) in [7, 11) is 0. The van der Waals surface area contributed by atoms with Crippen LogP contribution in [0, 0.1) is 24.2 Å². The van der Waals surface area contributed by atoms with E-state index in [1.165, 1.54) is 0 Å². The molecule has 0 aliphatic heterocycles. The molecule has 2 atom stereocenters. The topological polar surface area (TPSA) is 82.0 Å². The molecule has 0 aromatic heterocycles. The Morgan fingerprint density at radius 1 is 1.00 bits per heavy atom. The lowest BCUT2D eigenvalue weighted by atomic mass is 10.0. The van der Waals surface area contributed by atoms with Crippen molar-refractivity contribution in [1.82, 2.24) is 10.6 Å². The number of amides is 2. The predicted molar refractivity (Wildman–Crippen MR) is 110 cm³/mol. The Bertz CT molecular complexity index is 866. The molecule has 0 saturated carbocycles. The first-order valence-electron chi connectivity index (χ1n) is 9.48. The maximum absolute atomic E-state index is 12.9. The highest BCUT2D eigenvalue weighted by atomic mass is 16.2. The standard InChI is InChI=1S/C23H27N3O2/c1-15(2)13-21(26-22(27)20-8-6-5-7-16(20)3)23(28)25-17(4)19-11-9-18(14-24)10-12-19/h5-12,15,17,21H,13H2,1-4H3,(H,25,28)(H,26,27). The van der Waals surface area contributed by atoms with Crippen molar-refractivity contribution in [1.29, 1.82) is 5.26 Å². The molecule has 0 saturated heterocycles. The molecule has 5 nitrogen and oxygen atoms in total. The number of nitrogens with one attached hydrogen (secondary N) is 2. The molecule has 2 N–H and O–H groups in total. The maximum atomic E-state index is 12.9. The average molecular weight is 377 g/mol. The van der Waals surface area contributed by atoms with Gasteiger partial charge in [-0.2, -0.15) is 5.26 Å². The molecule has 28 heavy (non-hydrogen) atoms. The summed E-state index contributed by atoms with van der Waals surface area (Å²) in [5.74, 6) is -0.212. The molecule has 2 unspecified atom stereocenters. The quantitative estimate of drug-likeness (QED) is 0.768. The van der Waals surface area contributed by atoms with E-state index in [2.05, 4.69) is 16.7 Å². The van der Waals surface area contributed by atoms with Crippen molar-refractivity contribution in [2.75, 3.05) is 0 Å². The van der Waals surface area contributed by atoms with Gasteiger partial charge in [-0.1, -0.05) is 44.2 Å². The zero-order valence-corrected chi connectivity index (χ0v) is 16.8. The van der Waals surface area contributed by atoms with Crippen LogP contribution in [0.4, 0.5) is 0 Å². The third-order valence-corrected chi connectivity index (χ3v) is 4.62. The monoisotopic (exact) mass is 377 g/mol. The van der Waals surface area contributed by atoms with Crippen LogP contribution in [0.25, 0.3) is 0 Å². The molecule has 2 rings (SSSR count). The van der Waals surface area contributed by atoms with Gasteiger partial charge >= 0.3 is 0 Å². The lowest BCUT2D eigenvalue weighted by molar-refractivity contribution is -0.124. The fraction of sp³-hybridized carbons (Fsp3) is 0.348. The van der Waals surface area contributed by atoms with Crippen molar-refractivity contribution in [3.05, 3.63) is 70.8 Å². The number of carbonyl (C=O) groups excluding carboxylic acids is 2. The van der Waals surface area contributed by atoms with Crippen LogP contribution in [0.2, 0.25) is 0 Å². The Labute approximate surface area is 166 Å². The Hall–Kier alpha value is -3.13. The van der Waals surface area contributed by atoms with E-state index in [0.717, 1.165) is 11.1 Å². The van der Waals surface area contributed by atoms with Crippen LogP contribution < -0.4 is 10.6 Å². The summed E-state index contributed by atoms with van der Waals surface area (Å²) in [4.78, 5) is 25.5. The highest BCUT2D eigenvalue weighted by Crippen LogP contribution is 2.15. The summed E-state index contributed by atoms with van der Waals surface area (Å²) >= 11 is 0. The minimum absolute atomic E-state index is 0.215. The molecule has 0 radical (unpaired) electrons. The maximum Gasteiger partial charge on any atom is 0.252 e. The van der Waals surface area contributed by atoms with Gasteiger partial charge in [0.05, 0.1) is 17.7 Å². The van der Waals surface area contributed by atoms with Crippen molar-refractivity contribution in [3.8, 4) is 6.07 Å².